The highest BCUT2D eigenvalue weighted by molar-refractivity contribution is 6.17. The molecule has 0 N–H and O–H groups in total. The van der Waals surface area contributed by atoms with Crippen LogP contribution >= 0.6 is 11.6 Å². The second kappa shape index (κ2) is 8.51. The Kier molecular flexibility index (Phi) is 7.47. The molecule has 1 atom stereocenters. The zero-order chi connectivity index (χ0) is 10.1. The lowest BCUT2D eigenvalue weighted by molar-refractivity contribution is -0.162. The van der Waals surface area contributed by atoms with Crippen LogP contribution in [0.15, 0.2) is 0 Å². The van der Waals surface area contributed by atoms with Gasteiger partial charge in [0.05, 0.1) is 0 Å². The quantitative estimate of drug-likeness (QED) is 0.484. The maximum absolute atomic E-state index is 5.61. The lowest BCUT2D eigenvalue weighted by Gasteiger charge is -2.22. The van der Waals surface area contributed by atoms with Crippen LogP contribution in [0.5, 0.6) is 0 Å². The van der Waals surface area contributed by atoms with Gasteiger partial charge in [-0.15, -0.1) is 11.6 Å². The van der Waals surface area contributed by atoms with Crippen LogP contribution in [0.25, 0.3) is 0 Å². The number of rotatable bonds is 7. The molecule has 1 aliphatic rings. The highest BCUT2D eigenvalue weighted by Crippen LogP contribution is 2.14. The first-order chi connectivity index (χ1) is 6.93. The fourth-order valence-corrected chi connectivity index (χ4v) is 1.80. The van der Waals surface area contributed by atoms with Crippen molar-refractivity contribution in [3.63, 3.8) is 0 Å². The van der Waals surface area contributed by atoms with Crippen LogP contribution in [0.4, 0.5) is 0 Å². The molecule has 0 bridgehead atoms. The summed E-state index contributed by atoms with van der Waals surface area (Å²) in [5.74, 6) is 0.784. The molecule has 2 nitrogen and oxygen atoms in total. The Balaban J connectivity index is 1.82. The maximum Gasteiger partial charge on any atom is 0.157 e. The van der Waals surface area contributed by atoms with Gasteiger partial charge in [-0.25, -0.2) is 0 Å². The zero-order valence-corrected chi connectivity index (χ0v) is 9.60. The molecule has 0 saturated carbocycles. The molecular weight excluding hydrogens is 200 g/mol. The van der Waals surface area contributed by atoms with Gasteiger partial charge in [-0.2, -0.15) is 0 Å². The van der Waals surface area contributed by atoms with Crippen LogP contribution in [0.3, 0.4) is 0 Å². The van der Waals surface area contributed by atoms with E-state index in [2.05, 4.69) is 0 Å². The van der Waals surface area contributed by atoms with Gasteiger partial charge in [-0.1, -0.05) is 12.8 Å². The third-order valence-corrected chi connectivity index (χ3v) is 2.74. The van der Waals surface area contributed by atoms with E-state index in [4.69, 9.17) is 21.1 Å². The lowest BCUT2D eigenvalue weighted by atomic mass is 10.2. The highest BCUT2D eigenvalue weighted by atomic mass is 35.5. The van der Waals surface area contributed by atoms with Crippen molar-refractivity contribution in [3.8, 4) is 0 Å². The van der Waals surface area contributed by atoms with Crippen LogP contribution in [-0.2, 0) is 9.47 Å². The second-order valence-electron chi connectivity index (χ2n) is 3.77. The second-order valence-corrected chi connectivity index (χ2v) is 4.15. The zero-order valence-electron chi connectivity index (χ0n) is 8.84. The van der Waals surface area contributed by atoms with E-state index in [1.807, 2.05) is 0 Å². The summed E-state index contributed by atoms with van der Waals surface area (Å²) in [6, 6.07) is 0. The SMILES string of the molecule is ClCCCCCCO[C@@H]1CCCCO1. The van der Waals surface area contributed by atoms with Gasteiger partial charge in [0.15, 0.2) is 6.29 Å². The summed E-state index contributed by atoms with van der Waals surface area (Å²) in [5.41, 5.74) is 0. The summed E-state index contributed by atoms with van der Waals surface area (Å²) in [6.07, 6.45) is 8.29. The van der Waals surface area contributed by atoms with Gasteiger partial charge in [0.25, 0.3) is 0 Å². The molecule has 3 heteroatoms. The number of hydrogen-bond acceptors (Lipinski definition) is 2. The molecule has 84 valence electrons. The van der Waals surface area contributed by atoms with Crippen molar-refractivity contribution in [1.29, 1.82) is 0 Å². The molecule has 0 aromatic carbocycles. The average molecular weight is 221 g/mol. The molecule has 1 aliphatic heterocycles. The van der Waals surface area contributed by atoms with E-state index in [0.717, 1.165) is 38.4 Å². The Hall–Kier alpha value is 0.210. The molecule has 1 saturated heterocycles. The van der Waals surface area contributed by atoms with Crippen LogP contribution < -0.4 is 0 Å². The Bertz CT molecular complexity index is 124. The first kappa shape index (κ1) is 12.3. The Morgan fingerprint density at radius 1 is 1.14 bits per heavy atom. The summed E-state index contributed by atoms with van der Waals surface area (Å²) < 4.78 is 11.1. The van der Waals surface area contributed by atoms with E-state index in [0.29, 0.717) is 0 Å². The smallest absolute Gasteiger partial charge is 0.157 e. The largest absolute Gasteiger partial charge is 0.353 e. The van der Waals surface area contributed by atoms with Crippen molar-refractivity contribution >= 4 is 11.6 Å². The minimum absolute atomic E-state index is 0.0803. The van der Waals surface area contributed by atoms with E-state index in [9.17, 15) is 0 Å². The van der Waals surface area contributed by atoms with E-state index in [1.54, 1.807) is 0 Å². The predicted molar refractivity (Wildman–Crippen MR) is 58.7 cm³/mol. The van der Waals surface area contributed by atoms with Crippen molar-refractivity contribution in [3.05, 3.63) is 0 Å². The molecule has 1 heterocycles. The fraction of sp³-hybridized carbons (Fsp3) is 1.00. The van der Waals surface area contributed by atoms with Crippen molar-refractivity contribution in [2.75, 3.05) is 19.1 Å². The molecule has 0 aromatic heterocycles. The topological polar surface area (TPSA) is 18.5 Å². The number of hydrogen-bond donors (Lipinski definition) is 0. The Morgan fingerprint density at radius 2 is 2.00 bits per heavy atom. The van der Waals surface area contributed by atoms with E-state index < -0.39 is 0 Å². The number of ether oxygens (including phenoxy) is 2. The predicted octanol–water partition coefficient (Wildman–Crippen LogP) is 3.33. The van der Waals surface area contributed by atoms with Gasteiger partial charge in [-0.05, 0) is 32.1 Å². The molecular formula is C11H21ClO2. The molecule has 0 amide bonds. The normalized spacial score (nSPS) is 22.5. The lowest BCUT2D eigenvalue weighted by Crippen LogP contribution is -2.22. The summed E-state index contributed by atoms with van der Waals surface area (Å²) in [7, 11) is 0. The Morgan fingerprint density at radius 3 is 2.71 bits per heavy atom. The Labute approximate surface area is 91.9 Å². The first-order valence-corrected chi connectivity index (χ1v) is 6.26. The van der Waals surface area contributed by atoms with E-state index >= 15 is 0 Å². The molecule has 1 fully saturated rings. The molecule has 1 rings (SSSR count). The van der Waals surface area contributed by atoms with Crippen LogP contribution in [0, 0.1) is 0 Å². The fourth-order valence-electron chi connectivity index (χ4n) is 1.61. The molecule has 0 radical (unpaired) electrons. The number of alkyl halides is 1. The number of unbranched alkanes of at least 4 members (excludes halogenated alkanes) is 3. The first-order valence-electron chi connectivity index (χ1n) is 5.72. The van der Waals surface area contributed by atoms with Gasteiger partial charge in [0.2, 0.25) is 0 Å². The monoisotopic (exact) mass is 220 g/mol. The van der Waals surface area contributed by atoms with Gasteiger partial charge >= 0.3 is 0 Å². The third-order valence-electron chi connectivity index (χ3n) is 2.47. The molecule has 0 aliphatic carbocycles. The van der Waals surface area contributed by atoms with Crippen LogP contribution in [0.2, 0.25) is 0 Å². The van der Waals surface area contributed by atoms with Crippen LogP contribution in [-0.4, -0.2) is 25.4 Å². The summed E-state index contributed by atoms with van der Waals surface area (Å²) >= 11 is 5.58. The summed E-state index contributed by atoms with van der Waals surface area (Å²) in [4.78, 5) is 0. The van der Waals surface area contributed by atoms with Gasteiger partial charge in [0, 0.05) is 19.1 Å². The van der Waals surface area contributed by atoms with Crippen LogP contribution in [0.1, 0.15) is 44.9 Å². The van der Waals surface area contributed by atoms with Crippen molar-refractivity contribution in [2.45, 2.75) is 51.2 Å². The standard InChI is InChI=1S/C11H21ClO2/c12-8-4-1-2-5-9-13-11-7-3-6-10-14-11/h11H,1-10H2/t11-/m0/s1. The third kappa shape index (κ3) is 5.84. The van der Waals surface area contributed by atoms with E-state index in [1.165, 1.54) is 25.7 Å². The molecule has 14 heavy (non-hydrogen) atoms. The van der Waals surface area contributed by atoms with Crippen molar-refractivity contribution < 1.29 is 9.47 Å². The molecule has 0 spiro atoms. The minimum atomic E-state index is 0.0803. The molecule has 0 unspecified atom stereocenters. The van der Waals surface area contributed by atoms with Crippen molar-refractivity contribution in [1.82, 2.24) is 0 Å². The summed E-state index contributed by atoms with van der Waals surface area (Å²) in [5, 5.41) is 0. The average Bonchev–Trinajstić information content (AvgIpc) is 2.25. The highest BCUT2D eigenvalue weighted by Gasteiger charge is 2.12. The minimum Gasteiger partial charge on any atom is -0.353 e. The number of halogens is 1. The van der Waals surface area contributed by atoms with Gasteiger partial charge < -0.3 is 9.47 Å². The van der Waals surface area contributed by atoms with Gasteiger partial charge in [-0.3, -0.25) is 0 Å². The summed E-state index contributed by atoms with van der Waals surface area (Å²) in [6.45, 7) is 1.71. The maximum atomic E-state index is 5.61. The van der Waals surface area contributed by atoms with Crippen molar-refractivity contribution in [2.24, 2.45) is 0 Å². The van der Waals surface area contributed by atoms with Gasteiger partial charge in [0.1, 0.15) is 0 Å². The molecule has 0 aromatic rings. The van der Waals surface area contributed by atoms with E-state index in [-0.39, 0.29) is 6.29 Å².